The van der Waals surface area contributed by atoms with E-state index in [1.807, 2.05) is 6.92 Å². The van der Waals surface area contributed by atoms with Crippen molar-refractivity contribution >= 4 is 35.2 Å². The van der Waals surface area contributed by atoms with Gasteiger partial charge in [0.2, 0.25) is 5.91 Å². The molecule has 0 aliphatic carbocycles. The van der Waals surface area contributed by atoms with Crippen LogP contribution in [0.2, 0.25) is 5.02 Å². The van der Waals surface area contributed by atoms with Crippen LogP contribution >= 0.6 is 23.4 Å². The fourth-order valence-corrected chi connectivity index (χ4v) is 2.46. The summed E-state index contributed by atoms with van der Waals surface area (Å²) in [6.07, 6.45) is 0. The molecule has 5 nitrogen and oxygen atoms in total. The van der Waals surface area contributed by atoms with Gasteiger partial charge in [0.05, 0.1) is 22.9 Å². The first kappa shape index (κ1) is 16.8. The van der Waals surface area contributed by atoms with Crippen LogP contribution < -0.4 is 5.32 Å². The van der Waals surface area contributed by atoms with Crippen LogP contribution in [0, 0.1) is 0 Å². The summed E-state index contributed by atoms with van der Waals surface area (Å²) in [6, 6.07) is 4.60. The second-order valence-electron chi connectivity index (χ2n) is 4.16. The first-order chi connectivity index (χ1) is 9.43. The smallest absolute Gasteiger partial charge is 0.337 e. The minimum atomic E-state index is -1.09. The zero-order valence-electron chi connectivity index (χ0n) is 11.2. The van der Waals surface area contributed by atoms with E-state index < -0.39 is 5.97 Å². The van der Waals surface area contributed by atoms with Gasteiger partial charge in [-0.15, -0.1) is 11.8 Å². The first-order valence-corrected chi connectivity index (χ1v) is 7.24. The molecular formula is C13H16ClNO4S. The number of methoxy groups -OCH3 is 1. The lowest BCUT2D eigenvalue weighted by Gasteiger charge is -2.12. The van der Waals surface area contributed by atoms with Gasteiger partial charge in [-0.1, -0.05) is 11.6 Å². The van der Waals surface area contributed by atoms with Gasteiger partial charge in [0.25, 0.3) is 0 Å². The Morgan fingerprint density at radius 1 is 1.50 bits per heavy atom. The number of rotatable bonds is 7. The Morgan fingerprint density at radius 3 is 2.80 bits per heavy atom. The number of carbonyl (C=O) groups excluding carboxylic acids is 1. The third kappa shape index (κ3) is 5.40. The predicted octanol–water partition coefficient (Wildman–Crippen LogP) is 2.28. The van der Waals surface area contributed by atoms with Crippen molar-refractivity contribution in [2.24, 2.45) is 0 Å². The third-order valence-electron chi connectivity index (χ3n) is 2.36. The Labute approximate surface area is 126 Å². The largest absolute Gasteiger partial charge is 0.478 e. The summed E-state index contributed by atoms with van der Waals surface area (Å²) in [5.74, 6) is -1.02. The Balaban J connectivity index is 2.55. The summed E-state index contributed by atoms with van der Waals surface area (Å²) in [6.45, 7) is 2.29. The molecule has 110 valence electrons. The highest BCUT2D eigenvalue weighted by Gasteiger charge is 2.11. The quantitative estimate of drug-likeness (QED) is 0.755. The minimum absolute atomic E-state index is 0.0322. The molecule has 0 spiro atoms. The van der Waals surface area contributed by atoms with E-state index in [1.54, 1.807) is 13.2 Å². The van der Waals surface area contributed by atoms with Gasteiger partial charge < -0.3 is 15.2 Å². The van der Waals surface area contributed by atoms with E-state index in [1.165, 1.54) is 23.9 Å². The second kappa shape index (κ2) is 8.14. The number of thioether (sulfide) groups is 1. The number of amides is 1. The van der Waals surface area contributed by atoms with Gasteiger partial charge in [0.1, 0.15) is 0 Å². The highest BCUT2D eigenvalue weighted by Crippen LogP contribution is 2.24. The van der Waals surface area contributed by atoms with Gasteiger partial charge >= 0.3 is 5.97 Å². The zero-order chi connectivity index (χ0) is 15.1. The monoisotopic (exact) mass is 317 g/mol. The predicted molar refractivity (Wildman–Crippen MR) is 78.6 cm³/mol. The number of carbonyl (C=O) groups is 2. The van der Waals surface area contributed by atoms with E-state index in [-0.39, 0.29) is 28.3 Å². The van der Waals surface area contributed by atoms with Crippen molar-refractivity contribution in [1.82, 2.24) is 5.32 Å². The molecule has 0 aliphatic heterocycles. The normalized spacial score (nSPS) is 11.9. The highest BCUT2D eigenvalue weighted by molar-refractivity contribution is 8.00. The highest BCUT2D eigenvalue weighted by atomic mass is 35.5. The van der Waals surface area contributed by atoms with Crippen LogP contribution in [-0.4, -0.2) is 42.5 Å². The molecule has 0 saturated carbocycles. The Bertz CT molecular complexity index is 495. The first-order valence-electron chi connectivity index (χ1n) is 5.88. The third-order valence-corrected chi connectivity index (χ3v) is 3.69. The lowest BCUT2D eigenvalue weighted by Crippen LogP contribution is -2.36. The van der Waals surface area contributed by atoms with E-state index in [0.29, 0.717) is 11.5 Å². The van der Waals surface area contributed by atoms with Crippen LogP contribution in [0.3, 0.4) is 0 Å². The van der Waals surface area contributed by atoms with Crippen molar-refractivity contribution in [2.45, 2.75) is 17.9 Å². The number of halogens is 1. The van der Waals surface area contributed by atoms with Gasteiger partial charge in [-0.05, 0) is 25.1 Å². The molecule has 1 aromatic rings. The summed E-state index contributed by atoms with van der Waals surface area (Å²) >= 11 is 7.03. The molecule has 0 heterocycles. The fourth-order valence-electron chi connectivity index (χ4n) is 1.52. The van der Waals surface area contributed by atoms with Gasteiger partial charge in [-0.25, -0.2) is 4.79 Å². The number of carboxylic acid groups (broad SMARTS) is 1. The maximum atomic E-state index is 11.7. The number of ether oxygens (including phenoxy) is 1. The van der Waals surface area contributed by atoms with E-state index in [0.717, 1.165) is 0 Å². The van der Waals surface area contributed by atoms with E-state index >= 15 is 0 Å². The number of nitrogens with one attached hydrogen (secondary N) is 1. The zero-order valence-corrected chi connectivity index (χ0v) is 12.8. The maximum absolute atomic E-state index is 11.7. The Morgan fingerprint density at radius 2 is 2.20 bits per heavy atom. The van der Waals surface area contributed by atoms with Crippen LogP contribution in [-0.2, 0) is 9.53 Å². The molecule has 0 bridgehead atoms. The fraction of sp³-hybridized carbons (Fsp3) is 0.385. The average Bonchev–Trinajstić information content (AvgIpc) is 2.37. The number of carboxylic acids is 1. The van der Waals surface area contributed by atoms with Crippen molar-refractivity contribution < 1.29 is 19.4 Å². The van der Waals surface area contributed by atoms with Crippen molar-refractivity contribution in [2.75, 3.05) is 19.5 Å². The molecule has 1 unspecified atom stereocenters. The summed E-state index contributed by atoms with van der Waals surface area (Å²) in [5.41, 5.74) is 0.0322. The molecule has 1 amide bonds. The topological polar surface area (TPSA) is 75.6 Å². The van der Waals surface area contributed by atoms with Crippen LogP contribution in [0.1, 0.15) is 17.3 Å². The van der Waals surface area contributed by atoms with Gasteiger partial charge in [-0.3, -0.25) is 4.79 Å². The SMILES string of the molecule is COCC(C)NC(=O)CSc1ccc(Cl)c(C(=O)O)c1. The molecule has 0 aliphatic rings. The second-order valence-corrected chi connectivity index (χ2v) is 5.62. The Kier molecular flexibility index (Phi) is 6.84. The molecule has 1 aromatic carbocycles. The number of hydrogen-bond donors (Lipinski definition) is 2. The summed E-state index contributed by atoms with van der Waals surface area (Å²) in [5, 5.41) is 11.9. The molecule has 1 atom stereocenters. The molecule has 0 aromatic heterocycles. The molecular weight excluding hydrogens is 302 g/mol. The van der Waals surface area contributed by atoms with Crippen LogP contribution in [0.25, 0.3) is 0 Å². The number of benzene rings is 1. The van der Waals surface area contributed by atoms with Crippen LogP contribution in [0.4, 0.5) is 0 Å². The number of hydrogen-bond acceptors (Lipinski definition) is 4. The van der Waals surface area contributed by atoms with E-state index in [4.69, 9.17) is 21.4 Å². The average molecular weight is 318 g/mol. The van der Waals surface area contributed by atoms with Crippen molar-refractivity contribution in [3.8, 4) is 0 Å². The van der Waals surface area contributed by atoms with Crippen molar-refractivity contribution in [3.05, 3.63) is 28.8 Å². The van der Waals surface area contributed by atoms with Crippen LogP contribution in [0.15, 0.2) is 23.1 Å². The molecule has 0 fully saturated rings. The van der Waals surface area contributed by atoms with Gasteiger partial charge in [0.15, 0.2) is 0 Å². The summed E-state index contributed by atoms with van der Waals surface area (Å²) in [4.78, 5) is 23.3. The van der Waals surface area contributed by atoms with E-state index in [2.05, 4.69) is 5.32 Å². The van der Waals surface area contributed by atoms with E-state index in [9.17, 15) is 9.59 Å². The summed E-state index contributed by atoms with van der Waals surface area (Å²) < 4.78 is 4.92. The molecule has 1 rings (SSSR count). The minimum Gasteiger partial charge on any atom is -0.478 e. The molecule has 7 heteroatoms. The maximum Gasteiger partial charge on any atom is 0.337 e. The molecule has 20 heavy (non-hydrogen) atoms. The Hall–Kier alpha value is -1.24. The van der Waals surface area contributed by atoms with Crippen molar-refractivity contribution in [3.63, 3.8) is 0 Å². The molecule has 0 radical (unpaired) electrons. The summed E-state index contributed by atoms with van der Waals surface area (Å²) in [7, 11) is 1.57. The number of aromatic carboxylic acids is 1. The van der Waals surface area contributed by atoms with Crippen LogP contribution in [0.5, 0.6) is 0 Å². The lowest BCUT2D eigenvalue weighted by atomic mass is 10.2. The van der Waals surface area contributed by atoms with Crippen molar-refractivity contribution in [1.29, 1.82) is 0 Å². The van der Waals surface area contributed by atoms with Gasteiger partial charge in [0, 0.05) is 18.0 Å². The molecule has 2 N–H and O–H groups in total. The standard InChI is InChI=1S/C13H16ClNO4S/c1-8(6-19-2)15-12(16)7-20-9-3-4-11(14)10(5-9)13(17)18/h3-5,8H,6-7H2,1-2H3,(H,15,16)(H,17,18). The van der Waals surface area contributed by atoms with Gasteiger partial charge in [-0.2, -0.15) is 0 Å². The molecule has 0 saturated heterocycles. The lowest BCUT2D eigenvalue weighted by molar-refractivity contribution is -0.119.